The summed E-state index contributed by atoms with van der Waals surface area (Å²) < 4.78 is 27.0. The fraction of sp³-hybridized carbons (Fsp3) is 0.312. The average Bonchev–Trinajstić information content (AvgIpc) is 3.18. The van der Waals surface area contributed by atoms with E-state index in [-0.39, 0.29) is 34.5 Å². The van der Waals surface area contributed by atoms with Gasteiger partial charge in [-0.25, -0.2) is 8.42 Å². The summed E-state index contributed by atoms with van der Waals surface area (Å²) in [5.41, 5.74) is 5.31. The molecule has 0 aliphatic rings. The van der Waals surface area contributed by atoms with Gasteiger partial charge in [0, 0.05) is 30.1 Å². The van der Waals surface area contributed by atoms with E-state index in [9.17, 15) is 18.5 Å². The molecule has 0 bridgehead atoms. The lowest BCUT2D eigenvalue weighted by atomic mass is 10.3. The first-order valence-electron chi connectivity index (χ1n) is 8.40. The smallest absolute Gasteiger partial charge is 0.270 e. The Bertz CT molecular complexity index is 928. The zero-order chi connectivity index (χ0) is 20.7. The van der Waals surface area contributed by atoms with Crippen LogP contribution >= 0.6 is 23.6 Å². The van der Waals surface area contributed by atoms with Crippen molar-refractivity contribution in [2.75, 3.05) is 18.5 Å². The number of hydrogen-bond donors (Lipinski definition) is 3. The van der Waals surface area contributed by atoms with Gasteiger partial charge in [-0.1, -0.05) is 19.9 Å². The number of nitro benzene ring substituents is 1. The summed E-state index contributed by atoms with van der Waals surface area (Å²) in [6, 6.07) is 7.49. The van der Waals surface area contributed by atoms with E-state index in [2.05, 4.69) is 16.2 Å². The van der Waals surface area contributed by atoms with Crippen LogP contribution in [0.15, 0.2) is 40.6 Å². The lowest BCUT2D eigenvalue weighted by Crippen LogP contribution is -2.39. The minimum atomic E-state index is -3.92. The van der Waals surface area contributed by atoms with Gasteiger partial charge in [0.2, 0.25) is 10.0 Å². The molecule has 0 aliphatic carbocycles. The molecule has 152 valence electrons. The quantitative estimate of drug-likeness (QED) is 0.308. The second-order valence-electron chi connectivity index (χ2n) is 5.54. The molecule has 0 saturated heterocycles. The van der Waals surface area contributed by atoms with Crippen LogP contribution in [0, 0.1) is 10.1 Å². The Morgan fingerprint density at radius 1 is 1.29 bits per heavy atom. The third kappa shape index (κ3) is 5.38. The second-order valence-corrected chi connectivity index (χ2v) is 8.89. The van der Waals surface area contributed by atoms with Crippen molar-refractivity contribution >= 4 is 50.1 Å². The summed E-state index contributed by atoms with van der Waals surface area (Å²) >= 11 is 6.76. The summed E-state index contributed by atoms with van der Waals surface area (Å²) in [4.78, 5) is 11.4. The number of benzene rings is 1. The normalized spacial score (nSPS) is 11.2. The van der Waals surface area contributed by atoms with E-state index >= 15 is 0 Å². The molecule has 0 unspecified atom stereocenters. The molecule has 1 aromatic heterocycles. The number of hydrazine groups is 1. The van der Waals surface area contributed by atoms with Crippen LogP contribution < -0.4 is 16.2 Å². The Hall–Kier alpha value is -2.28. The average molecular weight is 444 g/mol. The molecule has 1 aromatic carbocycles. The number of rotatable bonds is 9. The Balaban J connectivity index is 2.20. The number of hydrogen-bond acceptors (Lipinski definition) is 7. The maximum Gasteiger partial charge on any atom is 0.270 e. The van der Waals surface area contributed by atoms with E-state index in [1.807, 2.05) is 17.5 Å². The van der Waals surface area contributed by atoms with Crippen LogP contribution in [-0.2, 0) is 16.6 Å². The molecular weight excluding hydrogens is 422 g/mol. The maximum absolute atomic E-state index is 12.9. The predicted molar refractivity (Wildman–Crippen MR) is 114 cm³/mol. The van der Waals surface area contributed by atoms with Crippen molar-refractivity contribution in [3.05, 3.63) is 50.7 Å². The number of non-ortho nitro benzene ring substituents is 1. The number of anilines is 1. The van der Waals surface area contributed by atoms with Gasteiger partial charge in [-0.05, 0) is 29.7 Å². The molecular formula is C16H21N5O4S3. The molecule has 0 amide bonds. The molecule has 0 atom stereocenters. The summed E-state index contributed by atoms with van der Waals surface area (Å²) in [6.07, 6.45) is 0. The Labute approximate surface area is 172 Å². The molecule has 3 N–H and O–H groups in total. The highest BCUT2D eigenvalue weighted by atomic mass is 32.2. The minimum absolute atomic E-state index is 0.165. The molecule has 0 radical (unpaired) electrons. The van der Waals surface area contributed by atoms with Gasteiger partial charge in [-0.3, -0.25) is 21.0 Å². The number of nitro groups is 1. The van der Waals surface area contributed by atoms with Gasteiger partial charge < -0.3 is 5.32 Å². The van der Waals surface area contributed by atoms with E-state index < -0.39 is 14.9 Å². The first-order chi connectivity index (χ1) is 13.3. The molecule has 9 nitrogen and oxygen atoms in total. The van der Waals surface area contributed by atoms with Gasteiger partial charge in [-0.2, -0.15) is 4.31 Å². The van der Waals surface area contributed by atoms with Gasteiger partial charge in [0.1, 0.15) is 4.90 Å². The van der Waals surface area contributed by atoms with E-state index in [0.717, 1.165) is 10.9 Å². The number of nitrogens with zero attached hydrogens (tertiary/aromatic N) is 2. The van der Waals surface area contributed by atoms with Crippen molar-refractivity contribution in [1.82, 2.24) is 15.0 Å². The van der Waals surface area contributed by atoms with Gasteiger partial charge >= 0.3 is 0 Å². The fourth-order valence-electron chi connectivity index (χ4n) is 2.39. The summed E-state index contributed by atoms with van der Waals surface area (Å²) in [6.45, 7) is 4.42. The van der Waals surface area contributed by atoms with Crippen molar-refractivity contribution in [1.29, 1.82) is 0 Å². The zero-order valence-electron chi connectivity index (χ0n) is 15.3. The standard InChI is InChI=1S/C16H21N5O4S3/c1-3-20(4-2)28(24,25)15-10-12(21(22)23)7-8-14(15)18-19-16(26)17-11-13-6-5-9-27-13/h5-10,18H,3-4,11H2,1-2H3,(H2,17,19,26). The molecule has 28 heavy (non-hydrogen) atoms. The second kappa shape index (κ2) is 9.78. The topological polar surface area (TPSA) is 117 Å². The van der Waals surface area contributed by atoms with Gasteiger partial charge in [-0.15, -0.1) is 11.3 Å². The SMILES string of the molecule is CCN(CC)S(=O)(=O)c1cc([N+](=O)[O-])ccc1NNC(=S)NCc1cccs1. The summed E-state index contributed by atoms with van der Waals surface area (Å²) in [5, 5.41) is 16.3. The van der Waals surface area contributed by atoms with Crippen molar-refractivity contribution in [3.63, 3.8) is 0 Å². The van der Waals surface area contributed by atoms with Crippen LogP contribution in [-0.4, -0.2) is 35.8 Å². The van der Waals surface area contributed by atoms with Crippen LogP contribution in [0.1, 0.15) is 18.7 Å². The van der Waals surface area contributed by atoms with E-state index in [0.29, 0.717) is 6.54 Å². The summed E-state index contributed by atoms with van der Waals surface area (Å²) in [7, 11) is -3.92. The van der Waals surface area contributed by atoms with Crippen LogP contribution in [0.4, 0.5) is 11.4 Å². The predicted octanol–water partition coefficient (Wildman–Crippen LogP) is 2.68. The number of sulfonamides is 1. The first kappa shape index (κ1) is 22.0. The number of thiophene rings is 1. The molecule has 0 saturated carbocycles. The van der Waals surface area contributed by atoms with Crippen LogP contribution in [0.3, 0.4) is 0 Å². The maximum atomic E-state index is 12.9. The van der Waals surface area contributed by atoms with Crippen molar-refractivity contribution in [3.8, 4) is 0 Å². The lowest BCUT2D eigenvalue weighted by molar-refractivity contribution is -0.385. The van der Waals surface area contributed by atoms with Crippen LogP contribution in [0.5, 0.6) is 0 Å². The molecule has 0 spiro atoms. The first-order valence-corrected chi connectivity index (χ1v) is 11.1. The Morgan fingerprint density at radius 3 is 2.57 bits per heavy atom. The third-order valence-electron chi connectivity index (χ3n) is 3.81. The Kier molecular flexibility index (Phi) is 7.69. The molecule has 0 fully saturated rings. The minimum Gasteiger partial charge on any atom is -0.356 e. The molecule has 1 heterocycles. The van der Waals surface area contributed by atoms with E-state index in [1.54, 1.807) is 25.2 Å². The molecule has 2 rings (SSSR count). The van der Waals surface area contributed by atoms with E-state index in [4.69, 9.17) is 12.2 Å². The number of nitrogens with one attached hydrogen (secondary N) is 3. The Morgan fingerprint density at radius 2 is 2.00 bits per heavy atom. The monoisotopic (exact) mass is 443 g/mol. The van der Waals surface area contributed by atoms with E-state index in [1.165, 1.54) is 16.4 Å². The number of thiocarbonyl (C=S) groups is 1. The van der Waals surface area contributed by atoms with Crippen molar-refractivity contribution in [2.45, 2.75) is 25.3 Å². The zero-order valence-corrected chi connectivity index (χ0v) is 17.8. The third-order valence-corrected chi connectivity index (χ3v) is 7.03. The van der Waals surface area contributed by atoms with Gasteiger partial charge in [0.05, 0.1) is 17.2 Å². The highest BCUT2D eigenvalue weighted by molar-refractivity contribution is 7.89. The highest BCUT2D eigenvalue weighted by Gasteiger charge is 2.27. The van der Waals surface area contributed by atoms with Gasteiger partial charge in [0.25, 0.3) is 5.69 Å². The van der Waals surface area contributed by atoms with Crippen molar-refractivity contribution < 1.29 is 13.3 Å². The summed E-state index contributed by atoms with van der Waals surface area (Å²) in [5.74, 6) is 0. The fourth-order valence-corrected chi connectivity index (χ4v) is 4.79. The largest absolute Gasteiger partial charge is 0.356 e. The molecule has 0 aliphatic heterocycles. The highest BCUT2D eigenvalue weighted by Crippen LogP contribution is 2.28. The van der Waals surface area contributed by atoms with Crippen LogP contribution in [0.25, 0.3) is 0 Å². The van der Waals surface area contributed by atoms with Gasteiger partial charge in [0.15, 0.2) is 5.11 Å². The lowest BCUT2D eigenvalue weighted by Gasteiger charge is -2.21. The van der Waals surface area contributed by atoms with Crippen LogP contribution in [0.2, 0.25) is 0 Å². The van der Waals surface area contributed by atoms with Crippen molar-refractivity contribution in [2.24, 2.45) is 0 Å². The molecule has 12 heteroatoms. The molecule has 2 aromatic rings.